The number of piperazine rings is 1. The number of methoxy groups -OCH3 is 1. The van der Waals surface area contributed by atoms with Crippen LogP contribution in [0, 0.1) is 30.6 Å². The maximum atomic E-state index is 14.4. The summed E-state index contributed by atoms with van der Waals surface area (Å²) in [7, 11) is 5.30. The van der Waals surface area contributed by atoms with Crippen LogP contribution < -0.4 is 15.4 Å². The molecule has 0 aliphatic carbocycles. The molecule has 0 unspecified atom stereocenters. The summed E-state index contributed by atoms with van der Waals surface area (Å²) < 4.78 is 23.6. The van der Waals surface area contributed by atoms with Crippen molar-refractivity contribution >= 4 is 63.5 Å². The van der Waals surface area contributed by atoms with Crippen LogP contribution in [0.4, 0.5) is 5.69 Å². The molecule has 5 bridgehead atoms. The number of phenols is 3. The molecular formula is C51H67Cl2N5O12. The number of nitrogens with one attached hydrogen (secondary N) is 2. The van der Waals surface area contributed by atoms with E-state index in [2.05, 4.69) is 20.6 Å². The van der Waals surface area contributed by atoms with E-state index in [1.807, 2.05) is 26.2 Å². The number of hydrogen-bond donors (Lipinski definition) is 7. The van der Waals surface area contributed by atoms with E-state index in [-0.39, 0.29) is 44.5 Å². The first-order valence-electron chi connectivity index (χ1n) is 23.1. The number of aromatic hydroxyl groups is 3. The fraction of sp³-hybridized carbons (Fsp3) is 0.490. The molecule has 0 radical (unpaired) electrons. The Hall–Kier alpha value is -5.40. The lowest BCUT2D eigenvalue weighted by Gasteiger charge is -2.38. The van der Waals surface area contributed by atoms with E-state index in [1.165, 1.54) is 59.4 Å². The summed E-state index contributed by atoms with van der Waals surface area (Å²) in [5, 5.41) is 71.2. The third-order valence-corrected chi connectivity index (χ3v) is 13.6. The van der Waals surface area contributed by atoms with Crippen molar-refractivity contribution in [3.63, 3.8) is 0 Å². The Labute approximate surface area is 419 Å². The number of nitrogens with zero attached hydrogens (tertiary/aromatic N) is 3. The van der Waals surface area contributed by atoms with Gasteiger partial charge in [0.2, 0.25) is 0 Å². The molecule has 17 nitrogen and oxygen atoms in total. The maximum absolute atomic E-state index is 14.4. The number of aliphatic hydroxyl groups is 2. The highest BCUT2D eigenvalue weighted by Crippen LogP contribution is 2.55. The largest absolute Gasteiger partial charge is 0.507 e. The number of hydrogen-bond acceptors (Lipinski definition) is 16. The Morgan fingerprint density at radius 2 is 1.59 bits per heavy atom. The molecule has 0 saturated carbocycles. The normalized spacial score (nSPS) is 28.6. The number of carbonyl (C=O) groups is 3. The van der Waals surface area contributed by atoms with E-state index >= 15 is 0 Å². The number of likely N-dealkylation sites (N-methyl/N-ethyl adjacent to an activating group) is 1. The van der Waals surface area contributed by atoms with Gasteiger partial charge < -0.3 is 60.0 Å². The van der Waals surface area contributed by atoms with Crippen molar-refractivity contribution in [1.82, 2.24) is 15.2 Å². The van der Waals surface area contributed by atoms with Gasteiger partial charge in [-0.25, -0.2) is 0 Å². The number of fused-ring (bicyclic) bond motifs is 14. The molecule has 7 N–H and O–H groups in total. The number of ether oxygens (including phenoxy) is 4. The lowest BCUT2D eigenvalue weighted by Crippen LogP contribution is -2.46. The average molecular weight is 1010 g/mol. The van der Waals surface area contributed by atoms with E-state index in [0.29, 0.717) is 23.1 Å². The summed E-state index contributed by atoms with van der Waals surface area (Å²) in [6.45, 7) is 15.9. The number of benzene rings is 3. The Kier molecular flexibility index (Phi) is 18.8. The van der Waals surface area contributed by atoms with Gasteiger partial charge in [-0.2, -0.15) is 5.10 Å². The number of amides is 1. The van der Waals surface area contributed by atoms with E-state index in [1.54, 1.807) is 50.9 Å². The highest BCUT2D eigenvalue weighted by molar-refractivity contribution is 6.34. The van der Waals surface area contributed by atoms with E-state index in [4.69, 9.17) is 42.1 Å². The summed E-state index contributed by atoms with van der Waals surface area (Å²) in [6.07, 6.45) is 4.86. The van der Waals surface area contributed by atoms with Crippen molar-refractivity contribution in [3.05, 3.63) is 86.6 Å². The second-order valence-corrected chi connectivity index (χ2v) is 19.3. The quantitative estimate of drug-likeness (QED) is 0.0568. The zero-order valence-electron chi connectivity index (χ0n) is 41.5. The SMILES string of the molecule is CNCc1cc(Cl)cc(Cl)c1.CO[C@H]1/C=C/O[C@@]2(C)Oc3c(C)c(O)c4c(O)c(c(/C=N\N5CCN(C)CC5)c(O)c4c3C2=O)NC(=O)/C(C)=C\C=C\[C@@H](C)[C@H](O)[C@@H](C)[C@H](O)[C@@H](C)[C@H](OC(C)=O)[C@@H]1C. The summed E-state index contributed by atoms with van der Waals surface area (Å²) in [5.41, 5.74) is 0.752. The Bertz CT molecular complexity index is 2520. The number of hydrazone groups is 1. The predicted molar refractivity (Wildman–Crippen MR) is 270 cm³/mol. The molecule has 382 valence electrons. The molecule has 4 aliphatic heterocycles. The number of ketones is 1. The summed E-state index contributed by atoms with van der Waals surface area (Å²) >= 11 is 11.5. The van der Waals surface area contributed by atoms with Crippen LogP contribution in [0.2, 0.25) is 10.0 Å². The molecule has 1 fully saturated rings. The molecule has 3 aromatic rings. The predicted octanol–water partition coefficient (Wildman–Crippen LogP) is 7.05. The second-order valence-electron chi connectivity index (χ2n) is 18.4. The highest BCUT2D eigenvalue weighted by Gasteiger charge is 2.50. The number of phenolic OH excluding ortho intramolecular Hbond substituents is 3. The summed E-state index contributed by atoms with van der Waals surface area (Å²) in [4.78, 5) is 42.6. The number of allylic oxidation sites excluding steroid dienone is 2. The molecule has 0 spiro atoms. The molecule has 4 heterocycles. The van der Waals surface area contributed by atoms with Gasteiger partial charge in [-0.15, -0.1) is 0 Å². The molecular weight excluding hydrogens is 945 g/mol. The highest BCUT2D eigenvalue weighted by atomic mass is 35.5. The van der Waals surface area contributed by atoms with Crippen LogP contribution in [0.15, 0.2) is 59.4 Å². The Morgan fingerprint density at radius 1 is 0.943 bits per heavy atom. The van der Waals surface area contributed by atoms with Crippen LogP contribution in [0.25, 0.3) is 10.8 Å². The fourth-order valence-corrected chi connectivity index (χ4v) is 9.41. The van der Waals surface area contributed by atoms with Crippen LogP contribution in [0.5, 0.6) is 23.0 Å². The standard InChI is InChI=1S/C43H58N4O12.C8H9Cl2N/c1-21-12-11-13-22(2)42(55)45-33-28(20-44-47-17-15-46(9)16-18-47)37(52)30-31(38(33)53)36(51)26(6)40-32(30)41(54)43(8,59-40)57-19-14-29(56-10)23(3)39(58-27(7)48)25(5)35(50)24(4)34(21)49;1-11-5-6-2-7(9)4-8(10)3-6/h11-14,19-21,23-25,29,34-35,39,49-53H,15-18H2,1-10H3,(H,45,55);2-4,11H,5H2,1H3/b12-11+,19-14+,22-13-,44-20-;/t21-,23-,24-,25-,29+,34+,35+,39-,43+;/m1./s1. The molecule has 0 aromatic heterocycles. The Morgan fingerprint density at radius 3 is 2.19 bits per heavy atom. The number of rotatable bonds is 6. The fourth-order valence-electron chi connectivity index (χ4n) is 8.84. The van der Waals surface area contributed by atoms with E-state index < -0.39 is 88.8 Å². The van der Waals surface area contributed by atoms with Gasteiger partial charge in [0.05, 0.1) is 53.0 Å². The minimum Gasteiger partial charge on any atom is -0.507 e. The first-order valence-corrected chi connectivity index (χ1v) is 23.9. The lowest BCUT2D eigenvalue weighted by atomic mass is 9.78. The van der Waals surface area contributed by atoms with Gasteiger partial charge in [0, 0.05) is 104 Å². The molecule has 7 rings (SSSR count). The summed E-state index contributed by atoms with van der Waals surface area (Å²) in [6, 6.07) is 5.51. The van der Waals surface area contributed by atoms with Gasteiger partial charge in [0.1, 0.15) is 23.4 Å². The molecule has 9 atom stereocenters. The lowest BCUT2D eigenvalue weighted by molar-refractivity contribution is -0.160. The third-order valence-electron chi connectivity index (χ3n) is 13.2. The maximum Gasteiger partial charge on any atom is 0.312 e. The Balaban J connectivity index is 0.000000729. The minimum atomic E-state index is -2.04. The molecule has 19 heteroatoms. The number of halogens is 2. The zero-order chi connectivity index (χ0) is 51.9. The average Bonchev–Trinajstić information content (AvgIpc) is 3.57. The topological polar surface area (TPSA) is 232 Å². The van der Waals surface area contributed by atoms with Crippen LogP contribution in [-0.4, -0.2) is 137 Å². The molecule has 1 saturated heterocycles. The number of carbonyl (C=O) groups excluding carboxylic acids is 3. The zero-order valence-corrected chi connectivity index (χ0v) is 43.1. The molecule has 4 aliphatic rings. The van der Waals surface area contributed by atoms with Gasteiger partial charge in [-0.3, -0.25) is 19.4 Å². The van der Waals surface area contributed by atoms with Gasteiger partial charge in [-0.1, -0.05) is 69.1 Å². The van der Waals surface area contributed by atoms with Crippen molar-refractivity contribution in [3.8, 4) is 23.0 Å². The van der Waals surface area contributed by atoms with Gasteiger partial charge in [0.25, 0.3) is 11.7 Å². The van der Waals surface area contributed by atoms with Crippen LogP contribution >= 0.6 is 23.2 Å². The van der Waals surface area contributed by atoms with Crippen LogP contribution in [0.3, 0.4) is 0 Å². The van der Waals surface area contributed by atoms with Gasteiger partial charge in [-0.05, 0) is 57.8 Å². The second kappa shape index (κ2) is 23.7. The molecule has 1 amide bonds. The summed E-state index contributed by atoms with van der Waals surface area (Å²) in [5.74, 6) is -8.34. The third kappa shape index (κ3) is 12.4. The van der Waals surface area contributed by atoms with Crippen molar-refractivity contribution in [2.75, 3.05) is 52.7 Å². The van der Waals surface area contributed by atoms with Crippen LogP contribution in [0.1, 0.15) is 75.5 Å². The number of Topliss-reactive ketones (excluding diaryl/α,β-unsaturated/α-hetero) is 1. The van der Waals surface area contributed by atoms with Gasteiger partial charge in [0.15, 0.2) is 5.75 Å². The number of esters is 1. The first kappa shape index (κ1) is 55.5. The number of aliphatic hydroxyl groups excluding tert-OH is 2. The van der Waals surface area contributed by atoms with Crippen molar-refractivity contribution in [2.24, 2.45) is 28.8 Å². The van der Waals surface area contributed by atoms with Gasteiger partial charge >= 0.3 is 11.8 Å². The molecule has 70 heavy (non-hydrogen) atoms. The monoisotopic (exact) mass is 1010 g/mol. The van der Waals surface area contributed by atoms with Crippen molar-refractivity contribution in [1.29, 1.82) is 0 Å². The smallest absolute Gasteiger partial charge is 0.312 e. The van der Waals surface area contributed by atoms with Crippen molar-refractivity contribution < 1.29 is 58.9 Å². The molecule has 3 aromatic carbocycles. The number of anilines is 1. The minimum absolute atomic E-state index is 0.0559. The first-order chi connectivity index (χ1) is 33.0. The van der Waals surface area contributed by atoms with E-state index in [9.17, 15) is 39.9 Å². The van der Waals surface area contributed by atoms with Crippen molar-refractivity contribution in [2.45, 2.75) is 92.1 Å². The van der Waals surface area contributed by atoms with Crippen LogP contribution in [-0.2, 0) is 30.3 Å². The van der Waals surface area contributed by atoms with E-state index in [0.717, 1.165) is 25.2 Å².